The maximum atomic E-state index is 11.5. The molecule has 4 heteroatoms. The fourth-order valence-corrected chi connectivity index (χ4v) is 1.90. The summed E-state index contributed by atoms with van der Waals surface area (Å²) in [5.41, 5.74) is 1.01. The van der Waals surface area contributed by atoms with Gasteiger partial charge in [-0.1, -0.05) is 0 Å². The predicted molar refractivity (Wildman–Crippen MR) is 54.7 cm³/mol. The number of aromatic amines is 1. The molecule has 1 aliphatic heterocycles. The number of nitrogens with one attached hydrogen (secondary N) is 2. The summed E-state index contributed by atoms with van der Waals surface area (Å²) in [4.78, 5) is 14.5. The Morgan fingerprint density at radius 2 is 2.43 bits per heavy atom. The Bertz CT molecular complexity index is 366. The van der Waals surface area contributed by atoms with Crippen LogP contribution in [0, 0.1) is 0 Å². The minimum atomic E-state index is 0.134. The summed E-state index contributed by atoms with van der Waals surface area (Å²) in [6, 6.07) is 1.59. The molecule has 1 aromatic heterocycles. The molecule has 0 bridgehead atoms. The fraction of sp³-hybridized carbons (Fsp3) is 0.500. The van der Waals surface area contributed by atoms with Gasteiger partial charge >= 0.3 is 0 Å². The Morgan fingerprint density at radius 1 is 1.57 bits per heavy atom. The van der Waals surface area contributed by atoms with Gasteiger partial charge in [0.15, 0.2) is 5.43 Å². The second kappa shape index (κ2) is 3.55. The van der Waals surface area contributed by atoms with Gasteiger partial charge in [-0.25, -0.2) is 0 Å². The van der Waals surface area contributed by atoms with E-state index in [1.165, 1.54) is 0 Å². The van der Waals surface area contributed by atoms with Crippen LogP contribution in [0.15, 0.2) is 23.3 Å². The predicted octanol–water partition coefficient (Wildman–Crippen LogP) is -0.118. The number of likely N-dealkylation sites (N-methyl/N-ethyl adjacent to an activating group) is 1. The van der Waals surface area contributed by atoms with E-state index in [-0.39, 0.29) is 5.43 Å². The summed E-state index contributed by atoms with van der Waals surface area (Å²) in [7, 11) is 2.17. The molecule has 0 aliphatic carbocycles. The molecule has 1 aliphatic rings. The summed E-state index contributed by atoms with van der Waals surface area (Å²) in [5.74, 6) is 0. The van der Waals surface area contributed by atoms with Crippen LogP contribution in [0.25, 0.3) is 0 Å². The van der Waals surface area contributed by atoms with Gasteiger partial charge < -0.3 is 9.47 Å². The lowest BCUT2D eigenvalue weighted by Crippen LogP contribution is -2.42. The Hall–Kier alpha value is -1.13. The molecule has 1 aromatic rings. The zero-order valence-corrected chi connectivity index (χ0v) is 8.42. The first kappa shape index (κ1) is 9.43. The first-order valence-corrected chi connectivity index (χ1v) is 4.90. The Kier molecular flexibility index (Phi) is 2.39. The lowest BCUT2D eigenvalue weighted by molar-refractivity contribution is -0.911. The monoisotopic (exact) mass is 194 g/mol. The van der Waals surface area contributed by atoms with Gasteiger partial charge in [0, 0.05) is 25.0 Å². The summed E-state index contributed by atoms with van der Waals surface area (Å²) >= 11 is 0. The van der Waals surface area contributed by atoms with Crippen molar-refractivity contribution in [2.75, 3.05) is 26.8 Å². The third kappa shape index (κ3) is 1.86. The van der Waals surface area contributed by atoms with Crippen LogP contribution in [0.5, 0.6) is 0 Å². The van der Waals surface area contributed by atoms with Crippen LogP contribution in [0.1, 0.15) is 5.56 Å². The molecular formula is C10H16N3O+. The lowest BCUT2D eigenvalue weighted by atomic mass is 10.2. The van der Waals surface area contributed by atoms with Crippen molar-refractivity contribution in [2.24, 2.45) is 0 Å². The maximum absolute atomic E-state index is 11.5. The van der Waals surface area contributed by atoms with Gasteiger partial charge in [-0.3, -0.25) is 10.1 Å². The second-order valence-corrected chi connectivity index (χ2v) is 4.19. The molecule has 2 rings (SSSR count). The van der Waals surface area contributed by atoms with Gasteiger partial charge in [-0.2, -0.15) is 0 Å². The number of nitrogens with zero attached hydrogens (tertiary/aromatic N) is 1. The highest BCUT2D eigenvalue weighted by Gasteiger charge is 2.27. The number of pyridine rings is 1. The standard InChI is InChI=1S/C10H15N3O/c1-13(5-4-12-8-13)7-9-6-11-3-2-10(9)14/h2-3,6,12H,4-5,7-8H2,1H3/p+1. The molecule has 76 valence electrons. The summed E-state index contributed by atoms with van der Waals surface area (Å²) in [5, 5.41) is 3.31. The molecule has 0 saturated carbocycles. The van der Waals surface area contributed by atoms with Gasteiger partial charge in [0.25, 0.3) is 0 Å². The number of aromatic nitrogens is 1. The lowest BCUT2D eigenvalue weighted by Gasteiger charge is -2.27. The van der Waals surface area contributed by atoms with Crippen molar-refractivity contribution in [3.8, 4) is 0 Å². The molecule has 2 N–H and O–H groups in total. The minimum absolute atomic E-state index is 0.134. The average Bonchev–Trinajstić information content (AvgIpc) is 2.57. The number of hydrogen-bond acceptors (Lipinski definition) is 2. The van der Waals surface area contributed by atoms with E-state index >= 15 is 0 Å². The van der Waals surface area contributed by atoms with Gasteiger partial charge in [0.1, 0.15) is 13.2 Å². The molecule has 1 atom stereocenters. The van der Waals surface area contributed by atoms with Crippen molar-refractivity contribution in [3.05, 3.63) is 34.2 Å². The van der Waals surface area contributed by atoms with Crippen molar-refractivity contribution in [2.45, 2.75) is 6.54 Å². The van der Waals surface area contributed by atoms with E-state index in [4.69, 9.17) is 0 Å². The Balaban J connectivity index is 2.18. The van der Waals surface area contributed by atoms with Crippen LogP contribution in [-0.2, 0) is 6.54 Å². The SMILES string of the molecule is C[N+]1(Cc2c[nH]ccc2=O)CCNC1. The molecular weight excluding hydrogens is 178 g/mol. The van der Waals surface area contributed by atoms with Gasteiger partial charge in [-0.05, 0) is 0 Å². The molecule has 1 unspecified atom stereocenters. The topological polar surface area (TPSA) is 44.9 Å². The number of H-pyrrole nitrogens is 1. The van der Waals surface area contributed by atoms with E-state index in [1.807, 2.05) is 6.20 Å². The van der Waals surface area contributed by atoms with Crippen molar-refractivity contribution in [1.29, 1.82) is 0 Å². The Labute approximate surface area is 83.2 Å². The van der Waals surface area contributed by atoms with E-state index in [1.54, 1.807) is 12.3 Å². The second-order valence-electron chi connectivity index (χ2n) is 4.19. The molecule has 0 amide bonds. The van der Waals surface area contributed by atoms with E-state index < -0.39 is 0 Å². The van der Waals surface area contributed by atoms with E-state index in [9.17, 15) is 4.79 Å². The molecule has 0 radical (unpaired) electrons. The van der Waals surface area contributed by atoms with Gasteiger partial charge in [0.2, 0.25) is 0 Å². The highest BCUT2D eigenvalue weighted by molar-refractivity contribution is 5.07. The maximum Gasteiger partial charge on any atom is 0.190 e. The van der Waals surface area contributed by atoms with E-state index in [0.29, 0.717) is 0 Å². The largest absolute Gasteiger partial charge is 0.367 e. The Morgan fingerprint density at radius 3 is 3.07 bits per heavy atom. The molecule has 4 nitrogen and oxygen atoms in total. The highest BCUT2D eigenvalue weighted by atomic mass is 16.1. The van der Waals surface area contributed by atoms with E-state index in [2.05, 4.69) is 17.3 Å². The van der Waals surface area contributed by atoms with Crippen molar-refractivity contribution in [3.63, 3.8) is 0 Å². The molecule has 14 heavy (non-hydrogen) atoms. The molecule has 1 saturated heterocycles. The summed E-state index contributed by atoms with van der Waals surface area (Å²) < 4.78 is 0.910. The highest BCUT2D eigenvalue weighted by Crippen LogP contribution is 2.09. The zero-order valence-electron chi connectivity index (χ0n) is 8.42. The van der Waals surface area contributed by atoms with E-state index in [0.717, 1.165) is 36.3 Å². The minimum Gasteiger partial charge on any atom is -0.367 e. The van der Waals surface area contributed by atoms with Crippen molar-refractivity contribution >= 4 is 0 Å². The molecule has 1 fully saturated rings. The quantitative estimate of drug-likeness (QED) is 0.645. The first-order valence-electron chi connectivity index (χ1n) is 4.90. The normalized spacial score (nSPS) is 26.6. The number of rotatable bonds is 2. The van der Waals surface area contributed by atoms with Gasteiger partial charge in [-0.15, -0.1) is 0 Å². The van der Waals surface area contributed by atoms with Crippen LogP contribution in [0.3, 0.4) is 0 Å². The number of hydrogen-bond donors (Lipinski definition) is 2. The van der Waals surface area contributed by atoms with Crippen LogP contribution in [0.2, 0.25) is 0 Å². The van der Waals surface area contributed by atoms with Gasteiger partial charge in [0.05, 0.1) is 19.2 Å². The van der Waals surface area contributed by atoms with Crippen molar-refractivity contribution < 1.29 is 4.48 Å². The van der Waals surface area contributed by atoms with Crippen LogP contribution in [-0.4, -0.2) is 36.3 Å². The third-order valence-corrected chi connectivity index (χ3v) is 2.78. The zero-order chi connectivity index (χ0) is 10.0. The molecule has 2 heterocycles. The number of quaternary nitrogens is 1. The van der Waals surface area contributed by atoms with Crippen LogP contribution < -0.4 is 10.7 Å². The molecule has 0 aromatic carbocycles. The fourth-order valence-electron chi connectivity index (χ4n) is 1.90. The third-order valence-electron chi connectivity index (χ3n) is 2.78. The van der Waals surface area contributed by atoms with Crippen LogP contribution in [0.4, 0.5) is 0 Å². The average molecular weight is 194 g/mol. The first-order chi connectivity index (χ1) is 6.70. The molecule has 0 spiro atoms. The smallest absolute Gasteiger partial charge is 0.190 e. The summed E-state index contributed by atoms with van der Waals surface area (Å²) in [6.07, 6.45) is 3.48. The van der Waals surface area contributed by atoms with Crippen molar-refractivity contribution in [1.82, 2.24) is 10.3 Å². The summed E-state index contributed by atoms with van der Waals surface area (Å²) in [6.45, 7) is 3.90. The van der Waals surface area contributed by atoms with Crippen LogP contribution >= 0.6 is 0 Å².